The molecule has 1 N–H and O–H groups in total. The predicted molar refractivity (Wildman–Crippen MR) is 112 cm³/mol. The first-order valence-corrected chi connectivity index (χ1v) is 9.17. The molecule has 2 aromatic heterocycles. The Morgan fingerprint density at radius 1 is 0.828 bits per heavy atom. The third-order valence-electron chi connectivity index (χ3n) is 5.41. The van der Waals surface area contributed by atoms with Crippen molar-refractivity contribution in [3.8, 4) is 11.3 Å². The maximum Gasteiger partial charge on any atom is 0.345 e. The molecule has 0 saturated heterocycles. The van der Waals surface area contributed by atoms with Crippen molar-refractivity contribution in [1.82, 2.24) is 0 Å². The van der Waals surface area contributed by atoms with E-state index in [2.05, 4.69) is 0 Å². The van der Waals surface area contributed by atoms with Crippen LogP contribution in [0.4, 0.5) is 0 Å². The minimum Gasteiger partial charge on any atom is -0.478 e. The van der Waals surface area contributed by atoms with Gasteiger partial charge in [-0.25, -0.2) is 9.59 Å². The molecule has 0 aliphatic heterocycles. The molecule has 0 bridgehead atoms. The normalized spacial score (nSPS) is 11.5. The second-order valence-electron chi connectivity index (χ2n) is 7.14. The molecule has 0 saturated carbocycles. The van der Waals surface area contributed by atoms with Gasteiger partial charge in [-0.1, -0.05) is 36.4 Å². The lowest BCUT2D eigenvalue weighted by Crippen LogP contribution is -2.00. The van der Waals surface area contributed by atoms with Crippen LogP contribution < -0.4 is 5.63 Å². The summed E-state index contributed by atoms with van der Waals surface area (Å²) in [7, 11) is 0. The minimum absolute atomic E-state index is 0.196. The van der Waals surface area contributed by atoms with Crippen LogP contribution in [0.1, 0.15) is 21.5 Å². The van der Waals surface area contributed by atoms with Crippen LogP contribution in [0.25, 0.3) is 44.0 Å². The fourth-order valence-corrected chi connectivity index (χ4v) is 3.91. The molecule has 5 heteroatoms. The Bertz CT molecular complexity index is 1500. The second-order valence-corrected chi connectivity index (χ2v) is 7.14. The van der Waals surface area contributed by atoms with Gasteiger partial charge >= 0.3 is 11.6 Å². The van der Waals surface area contributed by atoms with E-state index in [-0.39, 0.29) is 5.56 Å². The van der Waals surface area contributed by atoms with Gasteiger partial charge in [0.05, 0.1) is 10.9 Å². The number of fused-ring (bicyclic) bond motifs is 5. The Labute approximate surface area is 164 Å². The highest BCUT2D eigenvalue weighted by Gasteiger charge is 2.20. The standard InChI is InChI=1S/C24H16O5/c1-12-4-3-5-17-16(12)10-11-18-19(17)24(27)29-21-13(2)20(28-22(18)21)14-6-8-15(9-7-14)23(25)26/h3-11H,1-2H3,(H,25,26). The lowest BCUT2D eigenvalue weighted by atomic mass is 10.00. The molecule has 2 heterocycles. The Hall–Kier alpha value is -3.86. The lowest BCUT2D eigenvalue weighted by molar-refractivity contribution is 0.0697. The fourth-order valence-electron chi connectivity index (χ4n) is 3.91. The van der Waals surface area contributed by atoms with Gasteiger partial charge in [-0.05, 0) is 48.4 Å². The molecule has 0 spiro atoms. The zero-order valence-electron chi connectivity index (χ0n) is 15.8. The van der Waals surface area contributed by atoms with Crippen LogP contribution in [0.3, 0.4) is 0 Å². The predicted octanol–water partition coefficient (Wildman–Crippen LogP) is 5.67. The maximum atomic E-state index is 12.9. The first kappa shape index (κ1) is 17.3. The molecular weight excluding hydrogens is 368 g/mol. The third kappa shape index (κ3) is 2.48. The van der Waals surface area contributed by atoms with Crippen LogP contribution in [-0.4, -0.2) is 11.1 Å². The molecule has 3 aromatic carbocycles. The minimum atomic E-state index is -0.989. The fraction of sp³-hybridized carbons (Fsp3) is 0.0833. The molecule has 5 nitrogen and oxygen atoms in total. The van der Waals surface area contributed by atoms with Gasteiger partial charge in [0.1, 0.15) is 5.76 Å². The Kier molecular flexibility index (Phi) is 3.61. The van der Waals surface area contributed by atoms with E-state index in [1.807, 2.05) is 44.2 Å². The molecule has 0 radical (unpaired) electrons. The summed E-state index contributed by atoms with van der Waals surface area (Å²) in [4.78, 5) is 24.0. The first-order valence-electron chi connectivity index (χ1n) is 9.17. The summed E-state index contributed by atoms with van der Waals surface area (Å²) in [6.45, 7) is 3.83. The van der Waals surface area contributed by atoms with Crippen LogP contribution in [0.15, 0.2) is 68.2 Å². The molecule has 0 aliphatic rings. The summed E-state index contributed by atoms with van der Waals surface area (Å²) in [6, 6.07) is 16.1. The van der Waals surface area contributed by atoms with Crippen LogP contribution >= 0.6 is 0 Å². The second kappa shape index (κ2) is 6.07. The van der Waals surface area contributed by atoms with E-state index in [1.54, 1.807) is 12.1 Å². The number of hydrogen-bond donors (Lipinski definition) is 1. The van der Waals surface area contributed by atoms with Gasteiger partial charge in [-0.15, -0.1) is 0 Å². The molecule has 0 fully saturated rings. The molecule has 0 atom stereocenters. The smallest absolute Gasteiger partial charge is 0.345 e. The summed E-state index contributed by atoms with van der Waals surface area (Å²) in [6.07, 6.45) is 0. The van der Waals surface area contributed by atoms with Crippen molar-refractivity contribution < 1.29 is 18.7 Å². The SMILES string of the molecule is Cc1cccc2c1ccc1c3oc(-c4ccc(C(=O)O)cc4)c(C)c3oc(=O)c21. The highest BCUT2D eigenvalue weighted by Crippen LogP contribution is 2.37. The number of carbonyl (C=O) groups is 1. The number of benzene rings is 3. The van der Waals surface area contributed by atoms with Crippen LogP contribution in [-0.2, 0) is 0 Å². The van der Waals surface area contributed by atoms with Crippen LogP contribution in [0.5, 0.6) is 0 Å². The van der Waals surface area contributed by atoms with Crippen molar-refractivity contribution in [3.05, 3.63) is 81.7 Å². The quantitative estimate of drug-likeness (QED) is 0.396. The van der Waals surface area contributed by atoms with Crippen LogP contribution in [0.2, 0.25) is 0 Å². The van der Waals surface area contributed by atoms with Crippen molar-refractivity contribution in [2.24, 2.45) is 0 Å². The van der Waals surface area contributed by atoms with Gasteiger partial charge in [-0.2, -0.15) is 0 Å². The number of aryl methyl sites for hydroxylation is 2. The maximum absolute atomic E-state index is 12.9. The van der Waals surface area contributed by atoms with Crippen molar-refractivity contribution in [2.45, 2.75) is 13.8 Å². The summed E-state index contributed by atoms with van der Waals surface area (Å²) >= 11 is 0. The van der Waals surface area contributed by atoms with Gasteiger partial charge < -0.3 is 13.9 Å². The zero-order chi connectivity index (χ0) is 20.3. The topological polar surface area (TPSA) is 80.7 Å². The van der Waals surface area contributed by atoms with E-state index in [4.69, 9.17) is 13.9 Å². The average molecular weight is 384 g/mol. The number of furan rings is 1. The van der Waals surface area contributed by atoms with Crippen LogP contribution in [0, 0.1) is 13.8 Å². The summed E-state index contributed by atoms with van der Waals surface area (Å²) in [5.41, 5.74) is 3.22. The van der Waals surface area contributed by atoms with Crippen molar-refractivity contribution in [1.29, 1.82) is 0 Å². The van der Waals surface area contributed by atoms with E-state index in [9.17, 15) is 9.59 Å². The molecule has 0 unspecified atom stereocenters. The van der Waals surface area contributed by atoms with Gasteiger partial charge in [0.2, 0.25) is 0 Å². The summed E-state index contributed by atoms with van der Waals surface area (Å²) in [5, 5.41) is 12.1. The lowest BCUT2D eigenvalue weighted by Gasteiger charge is -2.05. The Morgan fingerprint density at radius 2 is 1.55 bits per heavy atom. The summed E-state index contributed by atoms with van der Waals surface area (Å²) < 4.78 is 11.8. The molecular formula is C24H16O5. The average Bonchev–Trinajstić information content (AvgIpc) is 3.04. The number of rotatable bonds is 2. The number of carboxylic acids is 1. The Morgan fingerprint density at radius 3 is 2.28 bits per heavy atom. The van der Waals surface area contributed by atoms with E-state index in [0.717, 1.165) is 21.9 Å². The van der Waals surface area contributed by atoms with Gasteiger partial charge in [0, 0.05) is 16.5 Å². The summed E-state index contributed by atoms with van der Waals surface area (Å²) in [5.74, 6) is -0.436. The highest BCUT2D eigenvalue weighted by molar-refractivity contribution is 6.15. The molecule has 29 heavy (non-hydrogen) atoms. The van der Waals surface area contributed by atoms with Crippen molar-refractivity contribution >= 4 is 38.7 Å². The van der Waals surface area contributed by atoms with E-state index >= 15 is 0 Å². The Balaban J connectivity index is 1.84. The van der Waals surface area contributed by atoms with Crippen molar-refractivity contribution in [3.63, 3.8) is 0 Å². The monoisotopic (exact) mass is 384 g/mol. The number of hydrogen-bond acceptors (Lipinski definition) is 4. The van der Waals surface area contributed by atoms with Gasteiger partial charge in [0.25, 0.3) is 0 Å². The first-order chi connectivity index (χ1) is 14.0. The van der Waals surface area contributed by atoms with Crippen molar-refractivity contribution in [2.75, 3.05) is 0 Å². The molecule has 0 amide bonds. The zero-order valence-corrected chi connectivity index (χ0v) is 15.8. The molecule has 5 rings (SSSR count). The molecule has 5 aromatic rings. The van der Waals surface area contributed by atoms with E-state index in [0.29, 0.717) is 33.3 Å². The molecule has 142 valence electrons. The largest absolute Gasteiger partial charge is 0.478 e. The number of aromatic carboxylic acids is 1. The third-order valence-corrected chi connectivity index (χ3v) is 5.41. The van der Waals surface area contributed by atoms with Gasteiger partial charge in [0.15, 0.2) is 11.2 Å². The number of carboxylic acid groups (broad SMARTS) is 1. The molecule has 0 aliphatic carbocycles. The van der Waals surface area contributed by atoms with E-state index < -0.39 is 11.6 Å². The van der Waals surface area contributed by atoms with E-state index in [1.165, 1.54) is 12.1 Å². The highest BCUT2D eigenvalue weighted by atomic mass is 16.4. The van der Waals surface area contributed by atoms with Gasteiger partial charge in [-0.3, -0.25) is 0 Å².